The number of carboxylic acid groups (broad SMARTS) is 1. The summed E-state index contributed by atoms with van der Waals surface area (Å²) >= 11 is 0. The van der Waals surface area contributed by atoms with Gasteiger partial charge in [0.05, 0.1) is 5.92 Å². The molecule has 5 heteroatoms. The van der Waals surface area contributed by atoms with Crippen molar-refractivity contribution in [3.05, 3.63) is 0 Å². The number of piperazine rings is 1. The second-order valence-corrected chi connectivity index (χ2v) is 4.95. The second-order valence-electron chi connectivity index (χ2n) is 4.95. The summed E-state index contributed by atoms with van der Waals surface area (Å²) in [7, 11) is 0. The smallest absolute Gasteiger partial charge is 0.308 e. The van der Waals surface area contributed by atoms with Crippen LogP contribution in [0.2, 0.25) is 0 Å². The van der Waals surface area contributed by atoms with Crippen LogP contribution in [0.4, 0.5) is 0 Å². The van der Waals surface area contributed by atoms with Crippen molar-refractivity contribution in [1.29, 1.82) is 0 Å². The van der Waals surface area contributed by atoms with Crippen molar-refractivity contribution in [3.63, 3.8) is 0 Å². The van der Waals surface area contributed by atoms with Gasteiger partial charge in [-0.25, -0.2) is 0 Å². The summed E-state index contributed by atoms with van der Waals surface area (Å²) in [6.45, 7) is 6.01. The summed E-state index contributed by atoms with van der Waals surface area (Å²) in [5.41, 5.74) is 0. The van der Waals surface area contributed by atoms with Crippen molar-refractivity contribution >= 4 is 5.97 Å². The molecule has 0 radical (unpaired) electrons. The van der Waals surface area contributed by atoms with E-state index in [2.05, 4.69) is 10.2 Å². The third kappa shape index (κ3) is 3.66. The molecule has 2 rings (SSSR count). The van der Waals surface area contributed by atoms with E-state index in [9.17, 15) is 9.90 Å². The van der Waals surface area contributed by atoms with E-state index in [1.165, 1.54) is 0 Å². The summed E-state index contributed by atoms with van der Waals surface area (Å²) in [6, 6.07) is 0. The predicted octanol–water partition coefficient (Wildman–Crippen LogP) is 0.0190. The number of nitrogens with one attached hydrogen (secondary N) is 1. The number of hydrogen-bond acceptors (Lipinski definition) is 4. The molecule has 2 aliphatic rings. The van der Waals surface area contributed by atoms with E-state index in [1.54, 1.807) is 0 Å². The van der Waals surface area contributed by atoms with Crippen LogP contribution in [0, 0.1) is 11.8 Å². The van der Waals surface area contributed by atoms with Crippen LogP contribution in [-0.4, -0.2) is 61.9 Å². The van der Waals surface area contributed by atoms with Gasteiger partial charge in [0, 0.05) is 45.9 Å². The highest BCUT2D eigenvalue weighted by atomic mass is 16.5. The van der Waals surface area contributed by atoms with Crippen molar-refractivity contribution in [2.24, 2.45) is 11.8 Å². The van der Waals surface area contributed by atoms with Gasteiger partial charge < -0.3 is 15.2 Å². The van der Waals surface area contributed by atoms with Crippen molar-refractivity contribution in [3.8, 4) is 0 Å². The molecule has 0 spiro atoms. The molecule has 0 aromatic rings. The van der Waals surface area contributed by atoms with Gasteiger partial charge >= 0.3 is 5.97 Å². The molecule has 2 heterocycles. The molecule has 2 aliphatic heterocycles. The van der Waals surface area contributed by atoms with Gasteiger partial charge in [0.1, 0.15) is 0 Å². The summed E-state index contributed by atoms with van der Waals surface area (Å²) < 4.78 is 5.30. The first-order valence-corrected chi connectivity index (χ1v) is 6.51. The Morgan fingerprint density at radius 2 is 2.00 bits per heavy atom. The fourth-order valence-electron chi connectivity index (χ4n) is 2.72. The minimum absolute atomic E-state index is 0.225. The first-order chi connectivity index (χ1) is 8.27. The largest absolute Gasteiger partial charge is 0.481 e. The molecule has 17 heavy (non-hydrogen) atoms. The van der Waals surface area contributed by atoms with Crippen LogP contribution in [0.3, 0.4) is 0 Å². The van der Waals surface area contributed by atoms with E-state index in [-0.39, 0.29) is 11.8 Å². The fraction of sp³-hybridized carbons (Fsp3) is 0.917. The minimum Gasteiger partial charge on any atom is -0.481 e. The number of ether oxygens (including phenoxy) is 1. The molecule has 2 N–H and O–H groups in total. The topological polar surface area (TPSA) is 61.8 Å². The van der Waals surface area contributed by atoms with Crippen molar-refractivity contribution in [2.75, 3.05) is 45.9 Å². The van der Waals surface area contributed by atoms with Crippen molar-refractivity contribution in [1.82, 2.24) is 10.2 Å². The maximum absolute atomic E-state index is 11.4. The van der Waals surface area contributed by atoms with Gasteiger partial charge in [0.2, 0.25) is 0 Å². The molecule has 0 aromatic heterocycles. The van der Waals surface area contributed by atoms with Gasteiger partial charge in [-0.1, -0.05) is 0 Å². The van der Waals surface area contributed by atoms with Crippen LogP contribution in [-0.2, 0) is 9.53 Å². The summed E-state index contributed by atoms with van der Waals surface area (Å²) in [4.78, 5) is 13.7. The van der Waals surface area contributed by atoms with Crippen LogP contribution in [0.25, 0.3) is 0 Å². The lowest BCUT2D eigenvalue weighted by atomic mass is 9.85. The monoisotopic (exact) mass is 242 g/mol. The zero-order valence-corrected chi connectivity index (χ0v) is 10.2. The normalized spacial score (nSPS) is 25.6. The Morgan fingerprint density at radius 3 is 2.59 bits per heavy atom. The number of aliphatic carboxylic acids is 1. The molecule has 98 valence electrons. The molecule has 0 amide bonds. The zero-order chi connectivity index (χ0) is 12.1. The molecule has 0 aliphatic carbocycles. The first kappa shape index (κ1) is 12.8. The molecule has 0 bridgehead atoms. The zero-order valence-electron chi connectivity index (χ0n) is 10.2. The van der Waals surface area contributed by atoms with Gasteiger partial charge in [-0.2, -0.15) is 0 Å². The lowest BCUT2D eigenvalue weighted by Crippen LogP contribution is -2.47. The maximum Gasteiger partial charge on any atom is 0.308 e. The quantitative estimate of drug-likeness (QED) is 0.727. The van der Waals surface area contributed by atoms with E-state index in [0.29, 0.717) is 6.54 Å². The second kappa shape index (κ2) is 6.33. The van der Waals surface area contributed by atoms with Crippen LogP contribution in [0.1, 0.15) is 12.8 Å². The average Bonchev–Trinajstić information content (AvgIpc) is 2.38. The SMILES string of the molecule is O=C(O)C(CN1CCNCC1)C1CCOCC1. The Kier molecular flexibility index (Phi) is 4.76. The third-order valence-corrected chi connectivity index (χ3v) is 3.82. The third-order valence-electron chi connectivity index (χ3n) is 3.82. The Balaban J connectivity index is 1.88. The average molecular weight is 242 g/mol. The van der Waals surface area contributed by atoms with Gasteiger partial charge in [-0.05, 0) is 18.8 Å². The number of carbonyl (C=O) groups is 1. The molecular weight excluding hydrogens is 220 g/mol. The molecule has 0 saturated carbocycles. The molecule has 1 atom stereocenters. The Hall–Kier alpha value is -0.650. The number of hydrogen-bond donors (Lipinski definition) is 2. The van der Waals surface area contributed by atoms with E-state index < -0.39 is 5.97 Å². The van der Waals surface area contributed by atoms with Gasteiger partial charge in [-0.15, -0.1) is 0 Å². The van der Waals surface area contributed by atoms with Gasteiger partial charge in [0.15, 0.2) is 0 Å². The van der Waals surface area contributed by atoms with Crippen LogP contribution < -0.4 is 5.32 Å². The Morgan fingerprint density at radius 1 is 1.35 bits per heavy atom. The van der Waals surface area contributed by atoms with E-state index >= 15 is 0 Å². The fourth-order valence-corrected chi connectivity index (χ4v) is 2.72. The predicted molar refractivity (Wildman–Crippen MR) is 64.0 cm³/mol. The standard InChI is InChI=1S/C12H22N2O3/c15-12(16)11(10-1-7-17-8-2-10)9-14-5-3-13-4-6-14/h10-11,13H,1-9H2,(H,15,16). The number of rotatable bonds is 4. The lowest BCUT2D eigenvalue weighted by molar-refractivity contribution is -0.146. The van der Waals surface area contributed by atoms with E-state index in [0.717, 1.165) is 52.2 Å². The van der Waals surface area contributed by atoms with Gasteiger partial charge in [0.25, 0.3) is 0 Å². The molecule has 5 nitrogen and oxygen atoms in total. The molecule has 2 saturated heterocycles. The molecule has 1 unspecified atom stereocenters. The minimum atomic E-state index is -0.643. The van der Waals surface area contributed by atoms with Crippen LogP contribution in [0.15, 0.2) is 0 Å². The summed E-state index contributed by atoms with van der Waals surface area (Å²) in [5, 5.41) is 12.7. The van der Waals surface area contributed by atoms with E-state index in [1.807, 2.05) is 0 Å². The highest BCUT2D eigenvalue weighted by Crippen LogP contribution is 2.25. The van der Waals surface area contributed by atoms with Gasteiger partial charge in [-0.3, -0.25) is 9.69 Å². The lowest BCUT2D eigenvalue weighted by Gasteiger charge is -2.34. The highest BCUT2D eigenvalue weighted by Gasteiger charge is 2.31. The van der Waals surface area contributed by atoms with Crippen LogP contribution >= 0.6 is 0 Å². The van der Waals surface area contributed by atoms with Crippen molar-refractivity contribution in [2.45, 2.75) is 12.8 Å². The first-order valence-electron chi connectivity index (χ1n) is 6.51. The maximum atomic E-state index is 11.4. The van der Waals surface area contributed by atoms with Crippen LogP contribution in [0.5, 0.6) is 0 Å². The number of carboxylic acids is 1. The molecule has 2 fully saturated rings. The summed E-state index contributed by atoms with van der Waals surface area (Å²) in [5.74, 6) is -0.580. The van der Waals surface area contributed by atoms with E-state index in [4.69, 9.17) is 4.74 Å². The summed E-state index contributed by atoms with van der Waals surface area (Å²) in [6.07, 6.45) is 1.78. The Labute approximate surface area is 102 Å². The number of nitrogens with zero attached hydrogens (tertiary/aromatic N) is 1. The Bertz CT molecular complexity index is 248. The molecular formula is C12H22N2O3. The molecule has 0 aromatic carbocycles. The van der Waals surface area contributed by atoms with Crippen molar-refractivity contribution < 1.29 is 14.6 Å². The highest BCUT2D eigenvalue weighted by molar-refractivity contribution is 5.70.